The Morgan fingerprint density at radius 3 is 2.50 bits per heavy atom. The van der Waals surface area contributed by atoms with E-state index in [0.29, 0.717) is 13.0 Å². The van der Waals surface area contributed by atoms with Gasteiger partial charge in [0.25, 0.3) is 0 Å². The maximum atomic E-state index is 11.6. The van der Waals surface area contributed by atoms with Crippen LogP contribution in [0.4, 0.5) is 0 Å². The van der Waals surface area contributed by atoms with E-state index in [0.717, 1.165) is 19.3 Å². The van der Waals surface area contributed by atoms with Crippen LogP contribution in [0.1, 0.15) is 46.5 Å². The molecule has 0 saturated carbocycles. The largest absolute Gasteiger partial charge is 0.465 e. The van der Waals surface area contributed by atoms with Gasteiger partial charge in [-0.05, 0) is 33.1 Å². The van der Waals surface area contributed by atoms with Crippen LogP contribution in [0.2, 0.25) is 0 Å². The summed E-state index contributed by atoms with van der Waals surface area (Å²) < 4.78 is 4.80. The topological polar surface area (TPSA) is 43.4 Å². The lowest BCUT2D eigenvalue weighted by Crippen LogP contribution is -2.23. The molecule has 0 bridgehead atoms. The Labute approximate surface area is 97.9 Å². The molecule has 92 valence electrons. The van der Waals surface area contributed by atoms with Crippen molar-refractivity contribution in [1.29, 1.82) is 0 Å². The van der Waals surface area contributed by atoms with Gasteiger partial charge in [-0.25, -0.2) is 0 Å². The van der Waals surface area contributed by atoms with Crippen LogP contribution in [0.15, 0.2) is 12.2 Å². The number of carbonyl (C=O) groups excluding carboxylic acids is 2. The molecule has 3 heteroatoms. The average molecular weight is 226 g/mol. The summed E-state index contributed by atoms with van der Waals surface area (Å²) in [7, 11) is 0. The molecule has 0 spiro atoms. The predicted molar refractivity (Wildman–Crippen MR) is 64.1 cm³/mol. The van der Waals surface area contributed by atoms with Crippen LogP contribution in [0.25, 0.3) is 0 Å². The standard InChI is InChI=1S/C13H22O3/c1-4-6-7-8-9-10-12(14)11(3)13(15)16-5-2/h6-7,11H,4-5,8-10H2,1-3H3/b7-6-. The maximum absolute atomic E-state index is 11.6. The molecule has 0 aliphatic carbocycles. The first-order valence-corrected chi connectivity index (χ1v) is 5.97. The lowest BCUT2D eigenvalue weighted by atomic mass is 10.0. The van der Waals surface area contributed by atoms with E-state index in [1.807, 2.05) is 0 Å². The molecule has 1 atom stereocenters. The Kier molecular flexibility index (Phi) is 8.49. The van der Waals surface area contributed by atoms with Gasteiger partial charge in [0.1, 0.15) is 11.7 Å². The normalized spacial score (nSPS) is 12.7. The Hall–Kier alpha value is -1.12. The molecule has 0 radical (unpaired) electrons. The molecule has 16 heavy (non-hydrogen) atoms. The highest BCUT2D eigenvalue weighted by atomic mass is 16.5. The molecule has 0 aromatic rings. The van der Waals surface area contributed by atoms with Crippen LogP contribution in [0.5, 0.6) is 0 Å². The predicted octanol–water partition coefficient (Wildman–Crippen LogP) is 2.89. The molecule has 0 aliphatic heterocycles. The number of unbranched alkanes of at least 4 members (excludes halogenated alkanes) is 1. The third-order valence-electron chi connectivity index (χ3n) is 2.32. The Morgan fingerprint density at radius 2 is 1.94 bits per heavy atom. The first kappa shape index (κ1) is 14.9. The minimum atomic E-state index is -0.616. The molecule has 3 nitrogen and oxygen atoms in total. The molecular weight excluding hydrogens is 204 g/mol. The summed E-state index contributed by atoms with van der Waals surface area (Å²) in [6.07, 6.45) is 7.33. The molecule has 0 fully saturated rings. The number of hydrogen-bond donors (Lipinski definition) is 0. The molecule has 0 amide bonds. The third kappa shape index (κ3) is 6.38. The molecule has 0 heterocycles. The summed E-state index contributed by atoms with van der Waals surface area (Å²) in [5.74, 6) is -1.05. The fraction of sp³-hybridized carbons (Fsp3) is 0.692. The van der Waals surface area contributed by atoms with Gasteiger partial charge in [0.05, 0.1) is 6.61 Å². The summed E-state index contributed by atoms with van der Waals surface area (Å²) in [4.78, 5) is 22.8. The van der Waals surface area contributed by atoms with Crippen LogP contribution < -0.4 is 0 Å². The highest BCUT2D eigenvalue weighted by Gasteiger charge is 2.21. The van der Waals surface area contributed by atoms with E-state index in [9.17, 15) is 9.59 Å². The third-order valence-corrected chi connectivity index (χ3v) is 2.32. The highest BCUT2D eigenvalue weighted by Crippen LogP contribution is 2.07. The van der Waals surface area contributed by atoms with Crippen molar-refractivity contribution in [3.8, 4) is 0 Å². The zero-order chi connectivity index (χ0) is 12.4. The van der Waals surface area contributed by atoms with Crippen molar-refractivity contribution in [2.24, 2.45) is 5.92 Å². The fourth-order valence-corrected chi connectivity index (χ4v) is 1.29. The van der Waals surface area contributed by atoms with Gasteiger partial charge >= 0.3 is 5.97 Å². The van der Waals surface area contributed by atoms with Crippen molar-refractivity contribution >= 4 is 11.8 Å². The van der Waals surface area contributed by atoms with Crippen molar-refractivity contribution < 1.29 is 14.3 Å². The Balaban J connectivity index is 3.79. The van der Waals surface area contributed by atoms with E-state index in [1.54, 1.807) is 13.8 Å². The number of ketones is 1. The first-order valence-electron chi connectivity index (χ1n) is 5.97. The van der Waals surface area contributed by atoms with Gasteiger partial charge in [-0.15, -0.1) is 0 Å². The quantitative estimate of drug-likeness (QED) is 0.276. The first-order chi connectivity index (χ1) is 7.63. The Morgan fingerprint density at radius 1 is 1.25 bits per heavy atom. The van der Waals surface area contributed by atoms with E-state index < -0.39 is 11.9 Å². The van der Waals surface area contributed by atoms with E-state index in [4.69, 9.17) is 4.74 Å². The monoisotopic (exact) mass is 226 g/mol. The minimum Gasteiger partial charge on any atom is -0.465 e. The second kappa shape index (κ2) is 9.13. The van der Waals surface area contributed by atoms with E-state index >= 15 is 0 Å². The van der Waals surface area contributed by atoms with Crippen LogP contribution in [0.3, 0.4) is 0 Å². The zero-order valence-corrected chi connectivity index (χ0v) is 10.5. The van der Waals surface area contributed by atoms with Gasteiger partial charge in [0.2, 0.25) is 0 Å². The molecule has 1 unspecified atom stereocenters. The summed E-state index contributed by atoms with van der Waals surface area (Å²) in [5.41, 5.74) is 0. The molecule has 0 aromatic carbocycles. The van der Waals surface area contributed by atoms with Crippen molar-refractivity contribution in [1.82, 2.24) is 0 Å². The number of allylic oxidation sites excluding steroid dienone is 2. The number of esters is 1. The van der Waals surface area contributed by atoms with Crippen molar-refractivity contribution in [3.05, 3.63) is 12.2 Å². The van der Waals surface area contributed by atoms with Crippen LogP contribution in [-0.4, -0.2) is 18.4 Å². The lowest BCUT2D eigenvalue weighted by molar-refractivity contribution is -0.150. The molecular formula is C13H22O3. The van der Waals surface area contributed by atoms with Gasteiger partial charge in [-0.1, -0.05) is 19.1 Å². The molecule has 0 saturated heterocycles. The SMILES string of the molecule is CC/C=C\CCCC(=O)C(C)C(=O)OCC. The van der Waals surface area contributed by atoms with Crippen molar-refractivity contribution in [2.45, 2.75) is 46.5 Å². The molecule has 0 aliphatic rings. The number of carbonyl (C=O) groups is 2. The van der Waals surface area contributed by atoms with E-state index in [1.165, 1.54) is 0 Å². The summed E-state index contributed by atoms with van der Waals surface area (Å²) >= 11 is 0. The Bertz CT molecular complexity index is 244. The number of ether oxygens (including phenoxy) is 1. The molecule has 0 N–H and O–H groups in total. The van der Waals surface area contributed by atoms with Gasteiger partial charge < -0.3 is 4.74 Å². The van der Waals surface area contributed by atoms with E-state index in [2.05, 4.69) is 19.1 Å². The van der Waals surface area contributed by atoms with Gasteiger partial charge in [0, 0.05) is 6.42 Å². The summed E-state index contributed by atoms with van der Waals surface area (Å²) in [6, 6.07) is 0. The highest BCUT2D eigenvalue weighted by molar-refractivity contribution is 5.98. The number of hydrogen-bond acceptors (Lipinski definition) is 3. The summed E-state index contributed by atoms with van der Waals surface area (Å²) in [5, 5.41) is 0. The van der Waals surface area contributed by atoms with Gasteiger partial charge in [0.15, 0.2) is 0 Å². The van der Waals surface area contributed by atoms with Gasteiger partial charge in [-0.3, -0.25) is 9.59 Å². The van der Waals surface area contributed by atoms with Crippen molar-refractivity contribution in [2.75, 3.05) is 6.61 Å². The number of rotatable bonds is 8. The van der Waals surface area contributed by atoms with Crippen LogP contribution in [-0.2, 0) is 14.3 Å². The minimum absolute atomic E-state index is 0.0247. The molecule has 0 rings (SSSR count). The van der Waals surface area contributed by atoms with Crippen molar-refractivity contribution in [3.63, 3.8) is 0 Å². The van der Waals surface area contributed by atoms with Crippen LogP contribution >= 0.6 is 0 Å². The second-order valence-corrected chi connectivity index (χ2v) is 3.71. The van der Waals surface area contributed by atoms with Gasteiger partial charge in [-0.2, -0.15) is 0 Å². The molecule has 0 aromatic heterocycles. The second-order valence-electron chi connectivity index (χ2n) is 3.71. The number of Topliss-reactive ketones (excluding diaryl/α,β-unsaturated/α-hetero) is 1. The maximum Gasteiger partial charge on any atom is 0.316 e. The summed E-state index contributed by atoms with van der Waals surface area (Å²) in [6.45, 7) is 5.76. The lowest BCUT2D eigenvalue weighted by Gasteiger charge is -2.08. The van der Waals surface area contributed by atoms with E-state index in [-0.39, 0.29) is 5.78 Å². The average Bonchev–Trinajstić information content (AvgIpc) is 2.27. The smallest absolute Gasteiger partial charge is 0.316 e. The fourth-order valence-electron chi connectivity index (χ4n) is 1.29. The zero-order valence-electron chi connectivity index (χ0n) is 10.5. The van der Waals surface area contributed by atoms with Crippen LogP contribution in [0, 0.1) is 5.92 Å².